The number of carboxylic acids is 1. The highest BCUT2D eigenvalue weighted by atomic mass is 35.5. The maximum atomic E-state index is 14.6. The minimum absolute atomic E-state index is 0.108. The number of likely N-dealkylation sites (tertiary alicyclic amines) is 1. The summed E-state index contributed by atoms with van der Waals surface area (Å²) in [5, 5.41) is 15.1. The van der Waals surface area contributed by atoms with Gasteiger partial charge in [0.05, 0.1) is 11.3 Å². The average Bonchev–Trinajstić information content (AvgIpc) is 2.80. The molecule has 0 spiro atoms. The molecule has 12 heteroatoms. The van der Waals surface area contributed by atoms with E-state index in [1.807, 2.05) is 4.90 Å². The highest BCUT2D eigenvalue weighted by Gasteiger charge is 2.46. The first-order valence-corrected chi connectivity index (χ1v) is 12.3. The SMILES string of the molecule is CN1C(=O)c2cc(F)cc(C(NC3=CC=C(Cl)CC3C(=O)O)C(F)(F)F)c2NC1N1CCC(C)(C)CC1. The molecule has 1 saturated heterocycles. The number of rotatable bonds is 5. The van der Waals surface area contributed by atoms with Gasteiger partial charge in [-0.25, -0.2) is 4.39 Å². The maximum absolute atomic E-state index is 14.6. The Morgan fingerprint density at radius 3 is 2.49 bits per heavy atom. The van der Waals surface area contributed by atoms with Crippen LogP contribution in [-0.4, -0.2) is 59.4 Å². The van der Waals surface area contributed by atoms with Crippen LogP contribution >= 0.6 is 11.6 Å². The zero-order chi connectivity index (χ0) is 27.3. The molecule has 1 aromatic rings. The van der Waals surface area contributed by atoms with Crippen molar-refractivity contribution in [2.45, 2.75) is 51.6 Å². The van der Waals surface area contributed by atoms with Crippen LogP contribution in [0.4, 0.5) is 23.2 Å². The van der Waals surface area contributed by atoms with Gasteiger partial charge in [-0.2, -0.15) is 13.2 Å². The molecule has 3 N–H and O–H groups in total. The average molecular weight is 545 g/mol. The summed E-state index contributed by atoms with van der Waals surface area (Å²) in [6, 6.07) is -0.843. The number of nitrogens with one attached hydrogen (secondary N) is 2. The van der Waals surface area contributed by atoms with E-state index in [9.17, 15) is 32.3 Å². The van der Waals surface area contributed by atoms with E-state index in [4.69, 9.17) is 11.6 Å². The van der Waals surface area contributed by atoms with E-state index < -0.39 is 47.7 Å². The molecule has 2 aliphatic heterocycles. The molecule has 4 rings (SSSR count). The van der Waals surface area contributed by atoms with Crippen molar-refractivity contribution in [2.75, 3.05) is 25.5 Å². The van der Waals surface area contributed by atoms with Crippen LogP contribution in [0.15, 0.2) is 35.0 Å². The van der Waals surface area contributed by atoms with Gasteiger partial charge in [0.2, 0.25) is 0 Å². The topological polar surface area (TPSA) is 84.9 Å². The number of benzene rings is 1. The maximum Gasteiger partial charge on any atom is 0.412 e. The minimum atomic E-state index is -4.95. The number of carboxylic acid groups (broad SMARTS) is 1. The van der Waals surface area contributed by atoms with E-state index in [-0.39, 0.29) is 33.8 Å². The van der Waals surface area contributed by atoms with Crippen LogP contribution in [0, 0.1) is 17.2 Å². The Hall–Kier alpha value is -2.79. The van der Waals surface area contributed by atoms with Gasteiger partial charge < -0.3 is 20.6 Å². The summed E-state index contributed by atoms with van der Waals surface area (Å²) in [4.78, 5) is 28.3. The molecule has 3 atom stereocenters. The lowest BCUT2D eigenvalue weighted by Gasteiger charge is -2.47. The fourth-order valence-corrected chi connectivity index (χ4v) is 5.18. The van der Waals surface area contributed by atoms with Gasteiger partial charge in [0.25, 0.3) is 5.91 Å². The molecule has 0 bridgehead atoms. The quantitative estimate of drug-likeness (QED) is 0.451. The van der Waals surface area contributed by atoms with Crippen LogP contribution in [0.25, 0.3) is 0 Å². The second-order valence-electron chi connectivity index (χ2n) is 10.5. The number of fused-ring (bicyclic) bond motifs is 1. The van der Waals surface area contributed by atoms with E-state index in [0.717, 1.165) is 25.0 Å². The summed E-state index contributed by atoms with van der Waals surface area (Å²) in [6.45, 7) is 5.51. The van der Waals surface area contributed by atoms with Crippen LogP contribution in [0.1, 0.15) is 55.1 Å². The van der Waals surface area contributed by atoms with Crippen LogP contribution < -0.4 is 10.6 Å². The van der Waals surface area contributed by atoms with Crippen molar-refractivity contribution in [3.63, 3.8) is 0 Å². The number of aliphatic carboxylic acids is 1. The zero-order valence-electron chi connectivity index (χ0n) is 20.6. The summed E-state index contributed by atoms with van der Waals surface area (Å²) in [5.41, 5.74) is -0.997. The molecule has 0 saturated carbocycles. The van der Waals surface area contributed by atoms with E-state index in [1.54, 1.807) is 0 Å². The Morgan fingerprint density at radius 1 is 1.24 bits per heavy atom. The van der Waals surface area contributed by atoms with Crippen molar-refractivity contribution in [3.8, 4) is 0 Å². The summed E-state index contributed by atoms with van der Waals surface area (Å²) < 4.78 is 58.0. The monoisotopic (exact) mass is 544 g/mol. The molecule has 7 nitrogen and oxygen atoms in total. The van der Waals surface area contributed by atoms with Gasteiger partial charge in [-0.15, -0.1) is 0 Å². The van der Waals surface area contributed by atoms with Crippen LogP contribution in [-0.2, 0) is 4.79 Å². The standard InChI is InChI=1S/C25H29ClF4N4O3/c1-24(2)6-8-34(9-7-24)23-32-19-16(11-14(27)12-17(19)21(35)33(23)3)20(25(28,29)30)31-18-5-4-13(26)10-15(18)22(36)37/h4-5,11-12,15,20,23,31-32H,6-10H2,1-3H3,(H,36,37). The molecule has 202 valence electrons. The summed E-state index contributed by atoms with van der Waals surface area (Å²) >= 11 is 5.91. The second kappa shape index (κ2) is 9.83. The van der Waals surface area contributed by atoms with Gasteiger partial charge in [-0.1, -0.05) is 25.4 Å². The van der Waals surface area contributed by atoms with Crippen molar-refractivity contribution in [1.29, 1.82) is 0 Å². The number of carbonyl (C=O) groups is 2. The number of hydrogen-bond acceptors (Lipinski definition) is 5. The molecule has 3 aliphatic rings. The molecule has 0 radical (unpaired) electrons. The molecule has 3 unspecified atom stereocenters. The Morgan fingerprint density at radius 2 is 1.89 bits per heavy atom. The first-order valence-electron chi connectivity index (χ1n) is 11.9. The lowest BCUT2D eigenvalue weighted by Crippen LogP contribution is -2.58. The van der Waals surface area contributed by atoms with Crippen molar-refractivity contribution in [3.05, 3.63) is 52.0 Å². The van der Waals surface area contributed by atoms with Crippen LogP contribution in [0.2, 0.25) is 0 Å². The molecule has 1 amide bonds. The number of amides is 1. The van der Waals surface area contributed by atoms with Gasteiger partial charge in [0.15, 0.2) is 12.3 Å². The zero-order valence-corrected chi connectivity index (χ0v) is 21.4. The second-order valence-corrected chi connectivity index (χ2v) is 11.0. The van der Waals surface area contributed by atoms with Gasteiger partial charge in [-0.3, -0.25) is 14.5 Å². The number of nitrogens with zero attached hydrogens (tertiary/aromatic N) is 2. The Bertz CT molecular complexity index is 1160. The largest absolute Gasteiger partial charge is 0.481 e. The van der Waals surface area contributed by atoms with Gasteiger partial charge >= 0.3 is 12.1 Å². The molecule has 0 aromatic heterocycles. The van der Waals surface area contributed by atoms with E-state index in [1.165, 1.54) is 24.1 Å². The Balaban J connectivity index is 1.75. The summed E-state index contributed by atoms with van der Waals surface area (Å²) in [7, 11) is 1.52. The summed E-state index contributed by atoms with van der Waals surface area (Å²) in [5.74, 6) is -4.31. The number of halogens is 5. The van der Waals surface area contributed by atoms with Crippen LogP contribution in [0.5, 0.6) is 0 Å². The number of anilines is 1. The first kappa shape index (κ1) is 27.3. The van der Waals surface area contributed by atoms with E-state index >= 15 is 0 Å². The van der Waals surface area contributed by atoms with Crippen LogP contribution in [0.3, 0.4) is 0 Å². The van der Waals surface area contributed by atoms with E-state index in [0.29, 0.717) is 13.1 Å². The fourth-order valence-electron chi connectivity index (χ4n) is 4.96. The Labute approximate surface area is 217 Å². The lowest BCUT2D eigenvalue weighted by molar-refractivity contribution is -0.157. The third-order valence-corrected chi connectivity index (χ3v) is 7.57. The number of carbonyl (C=O) groups excluding carboxylic acids is 1. The normalized spacial score (nSPS) is 25.0. The predicted molar refractivity (Wildman–Crippen MR) is 130 cm³/mol. The smallest absolute Gasteiger partial charge is 0.412 e. The van der Waals surface area contributed by atoms with Gasteiger partial charge in [0.1, 0.15) is 11.7 Å². The fraction of sp³-hybridized carbons (Fsp3) is 0.520. The molecular formula is C25H29ClF4N4O3. The van der Waals surface area contributed by atoms with Crippen molar-refractivity contribution < 1.29 is 32.3 Å². The number of alkyl halides is 3. The Kier molecular flexibility index (Phi) is 7.24. The van der Waals surface area contributed by atoms with Crippen molar-refractivity contribution in [2.24, 2.45) is 11.3 Å². The highest BCUT2D eigenvalue weighted by molar-refractivity contribution is 6.30. The van der Waals surface area contributed by atoms with Crippen molar-refractivity contribution in [1.82, 2.24) is 15.1 Å². The molecule has 37 heavy (non-hydrogen) atoms. The van der Waals surface area contributed by atoms with Crippen molar-refractivity contribution >= 4 is 29.2 Å². The third kappa shape index (κ3) is 5.57. The molecule has 2 heterocycles. The minimum Gasteiger partial charge on any atom is -0.481 e. The molecular weight excluding hydrogens is 516 g/mol. The number of hydrogen-bond donors (Lipinski definition) is 3. The molecule has 1 aliphatic carbocycles. The predicted octanol–water partition coefficient (Wildman–Crippen LogP) is 5.03. The molecule has 1 fully saturated rings. The number of piperidine rings is 1. The number of allylic oxidation sites excluding steroid dienone is 3. The van der Waals surface area contributed by atoms with Gasteiger partial charge in [-0.05, 0) is 42.5 Å². The summed E-state index contributed by atoms with van der Waals surface area (Å²) in [6.07, 6.45) is -1.68. The van der Waals surface area contributed by atoms with E-state index in [2.05, 4.69) is 24.5 Å². The third-order valence-electron chi connectivity index (χ3n) is 7.29. The lowest BCUT2D eigenvalue weighted by atomic mass is 9.82. The highest BCUT2D eigenvalue weighted by Crippen LogP contribution is 2.43. The molecule has 1 aromatic carbocycles. The first-order chi connectivity index (χ1) is 17.2. The van der Waals surface area contributed by atoms with Gasteiger partial charge in [0, 0.05) is 42.9 Å².